The third-order valence-corrected chi connectivity index (χ3v) is 2.04. The van der Waals surface area contributed by atoms with E-state index in [9.17, 15) is 0 Å². The number of hydrogen-bond acceptors (Lipinski definition) is 0. The SMILES string of the molecule is Br[C@H]1CC=CCC1. The van der Waals surface area contributed by atoms with Crippen LogP contribution >= 0.6 is 15.9 Å². The molecule has 0 bridgehead atoms. The maximum atomic E-state index is 3.54. The Kier molecular flexibility index (Phi) is 1.92. The molecule has 1 aliphatic carbocycles. The van der Waals surface area contributed by atoms with Crippen LogP contribution in [0.4, 0.5) is 0 Å². The van der Waals surface area contributed by atoms with Gasteiger partial charge in [-0.3, -0.25) is 0 Å². The van der Waals surface area contributed by atoms with Crippen molar-refractivity contribution in [1.29, 1.82) is 0 Å². The van der Waals surface area contributed by atoms with E-state index in [0.29, 0.717) is 0 Å². The normalized spacial score (nSPS) is 30.7. The molecule has 40 valence electrons. The first-order valence-corrected chi connectivity index (χ1v) is 3.60. The van der Waals surface area contributed by atoms with E-state index in [0.717, 1.165) is 4.83 Å². The molecule has 0 unspecified atom stereocenters. The smallest absolute Gasteiger partial charge is 0.0183 e. The van der Waals surface area contributed by atoms with Crippen LogP contribution in [0.2, 0.25) is 0 Å². The highest BCUT2D eigenvalue weighted by Crippen LogP contribution is 2.17. The quantitative estimate of drug-likeness (QED) is 0.378. The van der Waals surface area contributed by atoms with Gasteiger partial charge in [-0.2, -0.15) is 0 Å². The van der Waals surface area contributed by atoms with Gasteiger partial charge in [-0.05, 0) is 19.3 Å². The van der Waals surface area contributed by atoms with Crippen LogP contribution in [-0.4, -0.2) is 4.83 Å². The molecule has 0 aromatic rings. The minimum absolute atomic E-state index is 0.762. The summed E-state index contributed by atoms with van der Waals surface area (Å²) in [7, 11) is 0. The Bertz CT molecular complexity index is 76.2. The predicted octanol–water partition coefficient (Wildman–Crippen LogP) is 2.49. The standard InChI is InChI=1S/C6H9Br/c7-6-4-2-1-3-5-6/h1-2,6H,3-5H2/t6-/m0/s1. The number of rotatable bonds is 0. The summed E-state index contributed by atoms with van der Waals surface area (Å²) < 4.78 is 0. The van der Waals surface area contributed by atoms with Gasteiger partial charge in [0, 0.05) is 4.83 Å². The summed E-state index contributed by atoms with van der Waals surface area (Å²) in [5, 5.41) is 0. The van der Waals surface area contributed by atoms with Crippen LogP contribution in [0.1, 0.15) is 19.3 Å². The minimum Gasteiger partial charge on any atom is -0.0887 e. The lowest BCUT2D eigenvalue weighted by Gasteiger charge is -2.07. The molecule has 1 rings (SSSR count). The highest BCUT2D eigenvalue weighted by Gasteiger charge is 2.02. The Morgan fingerprint density at radius 1 is 1.43 bits per heavy atom. The van der Waals surface area contributed by atoms with Crippen molar-refractivity contribution in [2.24, 2.45) is 0 Å². The summed E-state index contributed by atoms with van der Waals surface area (Å²) in [6.07, 6.45) is 8.28. The summed E-state index contributed by atoms with van der Waals surface area (Å²) in [5.74, 6) is 0. The van der Waals surface area contributed by atoms with Crippen molar-refractivity contribution >= 4 is 15.9 Å². The summed E-state index contributed by atoms with van der Waals surface area (Å²) in [5.41, 5.74) is 0. The summed E-state index contributed by atoms with van der Waals surface area (Å²) >= 11 is 3.54. The van der Waals surface area contributed by atoms with E-state index in [1.807, 2.05) is 0 Å². The highest BCUT2D eigenvalue weighted by atomic mass is 79.9. The molecule has 0 aromatic carbocycles. The van der Waals surface area contributed by atoms with Gasteiger partial charge < -0.3 is 0 Å². The number of allylic oxidation sites excluding steroid dienone is 2. The summed E-state index contributed by atoms with van der Waals surface area (Å²) in [4.78, 5) is 0.762. The Morgan fingerprint density at radius 3 is 2.57 bits per heavy atom. The van der Waals surface area contributed by atoms with E-state index >= 15 is 0 Å². The van der Waals surface area contributed by atoms with Crippen molar-refractivity contribution in [1.82, 2.24) is 0 Å². The van der Waals surface area contributed by atoms with Crippen molar-refractivity contribution in [2.75, 3.05) is 0 Å². The molecule has 1 heteroatoms. The molecule has 0 fully saturated rings. The monoisotopic (exact) mass is 160 g/mol. The molecular formula is C6H9Br. The zero-order valence-corrected chi connectivity index (χ0v) is 5.82. The van der Waals surface area contributed by atoms with Crippen LogP contribution in [0.15, 0.2) is 12.2 Å². The van der Waals surface area contributed by atoms with Gasteiger partial charge in [-0.25, -0.2) is 0 Å². The maximum absolute atomic E-state index is 3.54. The average molecular weight is 161 g/mol. The zero-order chi connectivity index (χ0) is 5.11. The van der Waals surface area contributed by atoms with E-state index in [-0.39, 0.29) is 0 Å². The Morgan fingerprint density at radius 2 is 2.29 bits per heavy atom. The maximum Gasteiger partial charge on any atom is 0.0183 e. The molecule has 0 saturated heterocycles. The average Bonchev–Trinajstić information content (AvgIpc) is 1.69. The molecule has 0 amide bonds. The van der Waals surface area contributed by atoms with Crippen molar-refractivity contribution in [2.45, 2.75) is 24.1 Å². The van der Waals surface area contributed by atoms with Crippen LogP contribution in [0.5, 0.6) is 0 Å². The van der Waals surface area contributed by atoms with E-state index in [1.165, 1.54) is 19.3 Å². The second kappa shape index (κ2) is 2.51. The Balaban J connectivity index is 2.32. The Hall–Kier alpha value is 0.220. The fourth-order valence-corrected chi connectivity index (χ4v) is 1.24. The number of halogens is 1. The summed E-state index contributed by atoms with van der Waals surface area (Å²) in [6.45, 7) is 0. The molecule has 0 spiro atoms. The van der Waals surface area contributed by atoms with Gasteiger partial charge in [0.25, 0.3) is 0 Å². The van der Waals surface area contributed by atoms with Gasteiger partial charge in [0.2, 0.25) is 0 Å². The lowest BCUT2D eigenvalue weighted by molar-refractivity contribution is 0.759. The van der Waals surface area contributed by atoms with E-state index in [2.05, 4.69) is 28.1 Å². The molecule has 1 aliphatic rings. The van der Waals surface area contributed by atoms with Crippen LogP contribution in [0.3, 0.4) is 0 Å². The third kappa shape index (κ3) is 1.64. The number of alkyl halides is 1. The predicted molar refractivity (Wildman–Crippen MR) is 35.7 cm³/mol. The molecule has 0 aromatic heterocycles. The van der Waals surface area contributed by atoms with Gasteiger partial charge in [-0.1, -0.05) is 28.1 Å². The van der Waals surface area contributed by atoms with E-state index in [1.54, 1.807) is 0 Å². The fourth-order valence-electron chi connectivity index (χ4n) is 0.757. The molecule has 7 heavy (non-hydrogen) atoms. The first-order chi connectivity index (χ1) is 3.39. The summed E-state index contributed by atoms with van der Waals surface area (Å²) in [6, 6.07) is 0. The van der Waals surface area contributed by atoms with Gasteiger partial charge in [0.05, 0.1) is 0 Å². The molecule has 0 saturated carbocycles. The van der Waals surface area contributed by atoms with Gasteiger partial charge in [-0.15, -0.1) is 0 Å². The topological polar surface area (TPSA) is 0 Å². The fraction of sp³-hybridized carbons (Fsp3) is 0.667. The van der Waals surface area contributed by atoms with Gasteiger partial charge >= 0.3 is 0 Å². The van der Waals surface area contributed by atoms with Crippen LogP contribution < -0.4 is 0 Å². The van der Waals surface area contributed by atoms with Crippen LogP contribution in [0, 0.1) is 0 Å². The van der Waals surface area contributed by atoms with E-state index in [4.69, 9.17) is 0 Å². The molecule has 1 atom stereocenters. The number of hydrogen-bond donors (Lipinski definition) is 0. The largest absolute Gasteiger partial charge is 0.0887 e. The second-order valence-corrected chi connectivity index (χ2v) is 3.18. The molecule has 0 nitrogen and oxygen atoms in total. The lowest BCUT2D eigenvalue weighted by atomic mass is 10.1. The van der Waals surface area contributed by atoms with Crippen molar-refractivity contribution in [3.05, 3.63) is 12.2 Å². The Labute approximate surface area is 52.7 Å². The van der Waals surface area contributed by atoms with Gasteiger partial charge in [0.1, 0.15) is 0 Å². The molecule has 0 aliphatic heterocycles. The molecule has 0 heterocycles. The third-order valence-electron chi connectivity index (χ3n) is 1.21. The van der Waals surface area contributed by atoms with E-state index < -0.39 is 0 Å². The minimum atomic E-state index is 0.762. The zero-order valence-electron chi connectivity index (χ0n) is 4.23. The highest BCUT2D eigenvalue weighted by molar-refractivity contribution is 9.09. The molecular weight excluding hydrogens is 152 g/mol. The first kappa shape index (κ1) is 5.36. The molecule has 0 N–H and O–H groups in total. The van der Waals surface area contributed by atoms with Crippen molar-refractivity contribution in [3.63, 3.8) is 0 Å². The van der Waals surface area contributed by atoms with Crippen LogP contribution in [-0.2, 0) is 0 Å². The lowest BCUT2D eigenvalue weighted by Crippen LogP contribution is -1.97. The molecule has 0 radical (unpaired) electrons. The first-order valence-electron chi connectivity index (χ1n) is 2.68. The van der Waals surface area contributed by atoms with Gasteiger partial charge in [0.15, 0.2) is 0 Å². The van der Waals surface area contributed by atoms with Crippen molar-refractivity contribution in [3.8, 4) is 0 Å². The van der Waals surface area contributed by atoms with Crippen LogP contribution in [0.25, 0.3) is 0 Å². The van der Waals surface area contributed by atoms with Crippen molar-refractivity contribution < 1.29 is 0 Å². The second-order valence-electron chi connectivity index (χ2n) is 1.88.